The second-order valence-corrected chi connectivity index (χ2v) is 4.60. The van der Waals surface area contributed by atoms with Crippen LogP contribution in [0.1, 0.15) is 5.56 Å². The lowest BCUT2D eigenvalue weighted by molar-refractivity contribution is -0.129. The topological polar surface area (TPSA) is 41.6 Å². The average Bonchev–Trinajstić information content (AvgIpc) is 2.29. The normalized spacial score (nSPS) is 10.1. The number of ether oxygens (including phenoxy) is 1. The summed E-state index contributed by atoms with van der Waals surface area (Å²) in [6.45, 7) is 0.941. The highest BCUT2D eigenvalue weighted by molar-refractivity contribution is 9.10. The van der Waals surface area contributed by atoms with E-state index in [1.54, 1.807) is 26.1 Å². The van der Waals surface area contributed by atoms with Gasteiger partial charge in [-0.05, 0) is 40.7 Å². The molecule has 0 aliphatic heterocycles. The third kappa shape index (κ3) is 4.02. The van der Waals surface area contributed by atoms with Crippen LogP contribution in [0.25, 0.3) is 0 Å². The van der Waals surface area contributed by atoms with Gasteiger partial charge < -0.3 is 15.0 Å². The Morgan fingerprint density at radius 1 is 1.53 bits per heavy atom. The third-order valence-corrected chi connectivity index (χ3v) is 3.01. The number of carbonyl (C=O) groups is 1. The molecule has 94 valence electrons. The summed E-state index contributed by atoms with van der Waals surface area (Å²) in [5.41, 5.74) is 1.06. The molecule has 1 aromatic rings. The zero-order chi connectivity index (χ0) is 12.8. The van der Waals surface area contributed by atoms with Crippen LogP contribution in [0.15, 0.2) is 22.7 Å². The summed E-state index contributed by atoms with van der Waals surface area (Å²) in [5, 5.41) is 2.84. The number of nitrogens with zero attached hydrogens (tertiary/aromatic N) is 1. The van der Waals surface area contributed by atoms with Gasteiger partial charge >= 0.3 is 0 Å². The molecular weight excluding hydrogens is 284 g/mol. The van der Waals surface area contributed by atoms with E-state index in [2.05, 4.69) is 21.2 Å². The Bertz CT molecular complexity index is 396. The van der Waals surface area contributed by atoms with Crippen molar-refractivity contribution in [3.05, 3.63) is 28.2 Å². The summed E-state index contributed by atoms with van der Waals surface area (Å²) in [6, 6.07) is 5.80. The lowest BCUT2D eigenvalue weighted by atomic mass is 10.2. The average molecular weight is 301 g/mol. The van der Waals surface area contributed by atoms with Gasteiger partial charge in [-0.25, -0.2) is 0 Å². The van der Waals surface area contributed by atoms with E-state index in [0.717, 1.165) is 15.8 Å². The fourth-order valence-corrected chi connectivity index (χ4v) is 2.04. The van der Waals surface area contributed by atoms with E-state index in [-0.39, 0.29) is 5.91 Å². The number of hydrogen-bond donors (Lipinski definition) is 1. The maximum atomic E-state index is 11.6. The number of hydrogen-bond acceptors (Lipinski definition) is 3. The van der Waals surface area contributed by atoms with E-state index in [9.17, 15) is 4.79 Å². The lowest BCUT2D eigenvalue weighted by Crippen LogP contribution is -2.33. The minimum Gasteiger partial charge on any atom is -0.496 e. The fourth-order valence-electron chi connectivity index (χ4n) is 1.46. The van der Waals surface area contributed by atoms with Crippen molar-refractivity contribution in [2.45, 2.75) is 6.54 Å². The van der Waals surface area contributed by atoms with Crippen LogP contribution in [0.2, 0.25) is 0 Å². The van der Waals surface area contributed by atoms with Crippen LogP contribution in [0, 0.1) is 0 Å². The highest BCUT2D eigenvalue weighted by atomic mass is 79.9. The molecule has 17 heavy (non-hydrogen) atoms. The highest BCUT2D eigenvalue weighted by Gasteiger charge is 2.09. The summed E-state index contributed by atoms with van der Waals surface area (Å²) in [7, 11) is 5.18. The lowest BCUT2D eigenvalue weighted by Gasteiger charge is -2.17. The molecule has 1 N–H and O–H groups in total. The number of rotatable bonds is 5. The molecule has 4 nitrogen and oxygen atoms in total. The molecule has 0 saturated carbocycles. The predicted octanol–water partition coefficient (Wildman–Crippen LogP) is 1.64. The van der Waals surface area contributed by atoms with Crippen molar-refractivity contribution in [1.29, 1.82) is 0 Å². The first-order valence-electron chi connectivity index (χ1n) is 5.29. The molecule has 0 aliphatic rings. The zero-order valence-corrected chi connectivity index (χ0v) is 11.9. The minimum absolute atomic E-state index is 0.0689. The van der Waals surface area contributed by atoms with Crippen LogP contribution in [-0.4, -0.2) is 38.6 Å². The van der Waals surface area contributed by atoms with Gasteiger partial charge in [0.1, 0.15) is 5.75 Å². The van der Waals surface area contributed by atoms with Crippen LogP contribution in [0.4, 0.5) is 0 Å². The molecule has 0 radical (unpaired) electrons. The minimum atomic E-state index is 0.0689. The summed E-state index contributed by atoms with van der Waals surface area (Å²) in [5.74, 6) is 0.859. The molecule has 0 unspecified atom stereocenters. The summed E-state index contributed by atoms with van der Waals surface area (Å²) in [4.78, 5) is 13.3. The molecule has 0 saturated heterocycles. The van der Waals surface area contributed by atoms with E-state index in [1.165, 1.54) is 0 Å². The largest absolute Gasteiger partial charge is 0.496 e. The van der Waals surface area contributed by atoms with Crippen LogP contribution in [0.3, 0.4) is 0 Å². The van der Waals surface area contributed by atoms with Gasteiger partial charge in [0.2, 0.25) is 5.91 Å². The Kier molecular flexibility index (Phi) is 5.44. The number of halogens is 1. The molecule has 0 heterocycles. The van der Waals surface area contributed by atoms with Gasteiger partial charge in [-0.1, -0.05) is 6.07 Å². The van der Waals surface area contributed by atoms with Crippen LogP contribution in [-0.2, 0) is 11.3 Å². The van der Waals surface area contributed by atoms with Gasteiger partial charge in [0.05, 0.1) is 18.1 Å². The maximum Gasteiger partial charge on any atom is 0.236 e. The monoisotopic (exact) mass is 300 g/mol. The standard InChI is InChI=1S/C12H17BrN2O2/c1-14-7-12(16)15(2)8-9-4-5-11(17-3)10(13)6-9/h4-6,14H,7-8H2,1-3H3. The summed E-state index contributed by atoms with van der Waals surface area (Å²) < 4.78 is 6.05. The van der Waals surface area contributed by atoms with E-state index < -0.39 is 0 Å². The number of amides is 1. The molecular formula is C12H17BrN2O2. The van der Waals surface area contributed by atoms with Gasteiger partial charge in [0.15, 0.2) is 0 Å². The number of carbonyl (C=O) groups excluding carboxylic acids is 1. The van der Waals surface area contributed by atoms with Crippen molar-refractivity contribution in [3.8, 4) is 5.75 Å². The summed E-state index contributed by atoms with van der Waals surface area (Å²) >= 11 is 3.42. The van der Waals surface area contributed by atoms with E-state index in [4.69, 9.17) is 4.74 Å². The SMILES string of the molecule is CNCC(=O)N(C)Cc1ccc(OC)c(Br)c1. The Hall–Kier alpha value is -1.07. The summed E-state index contributed by atoms with van der Waals surface area (Å²) in [6.07, 6.45) is 0. The van der Waals surface area contributed by atoms with Crippen LogP contribution >= 0.6 is 15.9 Å². The quantitative estimate of drug-likeness (QED) is 0.899. The Morgan fingerprint density at radius 3 is 2.76 bits per heavy atom. The van der Waals surface area contributed by atoms with Crippen molar-refractivity contribution in [2.24, 2.45) is 0 Å². The van der Waals surface area contributed by atoms with E-state index in [1.807, 2.05) is 18.2 Å². The van der Waals surface area contributed by atoms with Crippen molar-refractivity contribution >= 4 is 21.8 Å². The predicted molar refractivity (Wildman–Crippen MR) is 71.1 cm³/mol. The first-order valence-corrected chi connectivity index (χ1v) is 6.08. The fraction of sp³-hybridized carbons (Fsp3) is 0.417. The second-order valence-electron chi connectivity index (χ2n) is 3.75. The molecule has 0 aromatic heterocycles. The zero-order valence-electron chi connectivity index (χ0n) is 10.3. The molecule has 0 aliphatic carbocycles. The molecule has 1 amide bonds. The van der Waals surface area contributed by atoms with Crippen LogP contribution < -0.4 is 10.1 Å². The first-order chi connectivity index (χ1) is 8.08. The molecule has 0 fully saturated rings. The second kappa shape index (κ2) is 6.61. The van der Waals surface area contributed by atoms with E-state index in [0.29, 0.717) is 13.1 Å². The van der Waals surface area contributed by atoms with Crippen molar-refractivity contribution < 1.29 is 9.53 Å². The van der Waals surface area contributed by atoms with E-state index >= 15 is 0 Å². The Balaban J connectivity index is 2.68. The van der Waals surface area contributed by atoms with Crippen molar-refractivity contribution in [2.75, 3.05) is 27.7 Å². The van der Waals surface area contributed by atoms with Gasteiger partial charge in [-0.15, -0.1) is 0 Å². The molecule has 0 spiro atoms. The molecule has 0 bridgehead atoms. The number of nitrogens with one attached hydrogen (secondary N) is 1. The molecule has 1 rings (SSSR count). The van der Waals surface area contributed by atoms with Crippen molar-refractivity contribution in [1.82, 2.24) is 10.2 Å². The van der Waals surface area contributed by atoms with Gasteiger partial charge in [0, 0.05) is 13.6 Å². The number of methoxy groups -OCH3 is 1. The van der Waals surface area contributed by atoms with Crippen molar-refractivity contribution in [3.63, 3.8) is 0 Å². The van der Waals surface area contributed by atoms with Gasteiger partial charge in [-0.2, -0.15) is 0 Å². The highest BCUT2D eigenvalue weighted by Crippen LogP contribution is 2.25. The molecule has 1 aromatic carbocycles. The Labute approximate surface area is 110 Å². The number of likely N-dealkylation sites (N-methyl/N-ethyl adjacent to an activating group) is 2. The first kappa shape index (κ1) is 14.0. The van der Waals surface area contributed by atoms with Gasteiger partial charge in [-0.3, -0.25) is 4.79 Å². The smallest absolute Gasteiger partial charge is 0.236 e. The maximum absolute atomic E-state index is 11.6. The Morgan fingerprint density at radius 2 is 2.24 bits per heavy atom. The van der Waals surface area contributed by atoms with Gasteiger partial charge in [0.25, 0.3) is 0 Å². The van der Waals surface area contributed by atoms with Crippen LogP contribution in [0.5, 0.6) is 5.75 Å². The third-order valence-electron chi connectivity index (χ3n) is 2.39. The molecule has 0 atom stereocenters. The number of benzene rings is 1. The molecule has 5 heteroatoms.